The van der Waals surface area contributed by atoms with E-state index in [1.54, 1.807) is 121 Å². The van der Waals surface area contributed by atoms with Gasteiger partial charge in [0, 0.05) is 11.1 Å². The minimum Gasteiger partial charge on any atom is -0.267 e. The van der Waals surface area contributed by atoms with Gasteiger partial charge in [-0.3, -0.25) is 18.2 Å². The molecule has 0 aliphatic carbocycles. The molecular weight excluding hydrogens is 701 g/mol. The zero-order valence-corrected chi connectivity index (χ0v) is 30.0. The largest absolute Gasteiger partial charge is 0.271 e. The molecule has 5 rings (SSSR count). The quantitative estimate of drug-likeness (QED) is 0.119. The number of hydrogen-bond acceptors (Lipinski definition) is 8. The summed E-state index contributed by atoms with van der Waals surface area (Å²) in [4.78, 5) is 25.2. The van der Waals surface area contributed by atoms with Gasteiger partial charge in [-0.25, -0.2) is 27.7 Å². The molecule has 0 aliphatic heterocycles. The third-order valence-corrected chi connectivity index (χ3v) is 9.95. The van der Waals surface area contributed by atoms with Gasteiger partial charge in [0.1, 0.15) is 0 Å². The summed E-state index contributed by atoms with van der Waals surface area (Å²) in [6.07, 6.45) is 5.27. The topological polar surface area (TPSA) is 158 Å². The first-order chi connectivity index (χ1) is 24.9. The van der Waals surface area contributed by atoms with Gasteiger partial charge < -0.3 is 0 Å². The van der Waals surface area contributed by atoms with Crippen molar-refractivity contribution in [3.63, 3.8) is 0 Å². The van der Waals surface area contributed by atoms with E-state index < -0.39 is 31.9 Å². The fourth-order valence-corrected chi connectivity index (χ4v) is 6.75. The Hall–Kier alpha value is -6.12. The first-order valence-electron chi connectivity index (χ1n) is 15.9. The molecule has 5 aromatic carbocycles. The van der Waals surface area contributed by atoms with Crippen LogP contribution in [0.5, 0.6) is 0 Å². The van der Waals surface area contributed by atoms with Crippen LogP contribution in [0.3, 0.4) is 0 Å². The fourth-order valence-electron chi connectivity index (χ4n) is 4.97. The number of carbonyl (C=O) groups is 2. The van der Waals surface area contributed by atoms with Gasteiger partial charge in [-0.1, -0.05) is 84.9 Å². The summed E-state index contributed by atoms with van der Waals surface area (Å²) in [5.74, 6) is -0.856. The standard InChI is InChI=1S/C38H36N6O6S2/c1-51(47,48)43(35-9-5-3-6-10-35)27-31-17-21-33(22-18-31)37(45)41-39-25-29-13-15-30(16-14-29)26-40-42-38(46)34-23-19-32(20-24-34)28-44(52(2,49)50)36-11-7-4-8-12-36/h3-26H,27-28H2,1-2H3,(H,41,45)(H,42,46)/b39-25-,40-26-. The number of carbonyl (C=O) groups excluding carboxylic acids is 2. The molecule has 0 unspecified atom stereocenters. The lowest BCUT2D eigenvalue weighted by atomic mass is 10.1. The molecule has 0 spiro atoms. The fraction of sp³-hybridized carbons (Fsp3) is 0.105. The molecule has 5 aromatic rings. The Bertz CT molecular complexity index is 2100. The molecule has 0 radical (unpaired) electrons. The molecule has 0 atom stereocenters. The van der Waals surface area contributed by atoms with Gasteiger partial charge >= 0.3 is 0 Å². The highest BCUT2D eigenvalue weighted by Gasteiger charge is 2.19. The first kappa shape index (κ1) is 37.1. The van der Waals surface area contributed by atoms with Gasteiger partial charge in [-0.05, 0) is 70.8 Å². The molecule has 0 fully saturated rings. The number of benzene rings is 5. The molecule has 0 saturated carbocycles. The zero-order chi connectivity index (χ0) is 37.1. The molecule has 0 heterocycles. The number of sulfonamides is 2. The Morgan fingerprint density at radius 1 is 0.519 bits per heavy atom. The number of rotatable bonds is 14. The van der Waals surface area contributed by atoms with Crippen LogP contribution >= 0.6 is 0 Å². The molecule has 2 amide bonds. The van der Waals surface area contributed by atoms with Gasteiger partial charge in [0.2, 0.25) is 20.0 Å². The Labute approximate surface area is 303 Å². The van der Waals surface area contributed by atoms with Crippen LogP contribution in [0.25, 0.3) is 0 Å². The normalized spacial score (nSPS) is 11.7. The van der Waals surface area contributed by atoms with Crippen LogP contribution < -0.4 is 19.5 Å². The Morgan fingerprint density at radius 2 is 0.846 bits per heavy atom. The van der Waals surface area contributed by atoms with Crippen LogP contribution in [0, 0.1) is 0 Å². The lowest BCUT2D eigenvalue weighted by molar-refractivity contribution is 0.0947. The summed E-state index contributed by atoms with van der Waals surface area (Å²) in [5.41, 5.74) is 9.63. The smallest absolute Gasteiger partial charge is 0.267 e. The maximum atomic E-state index is 12.6. The van der Waals surface area contributed by atoms with Crippen molar-refractivity contribution in [3.8, 4) is 0 Å². The van der Waals surface area contributed by atoms with Crippen LogP contribution in [0.2, 0.25) is 0 Å². The third kappa shape index (κ3) is 10.4. The van der Waals surface area contributed by atoms with Crippen LogP contribution in [0.15, 0.2) is 144 Å². The second-order valence-electron chi connectivity index (χ2n) is 11.7. The number of nitrogens with one attached hydrogen (secondary N) is 2. The highest BCUT2D eigenvalue weighted by Crippen LogP contribution is 2.22. The number of hydrogen-bond donors (Lipinski definition) is 2. The Balaban J connectivity index is 1.09. The van der Waals surface area contributed by atoms with E-state index in [4.69, 9.17) is 0 Å². The van der Waals surface area contributed by atoms with Gasteiger partial charge in [-0.2, -0.15) is 10.2 Å². The van der Waals surface area contributed by atoms with Gasteiger partial charge in [-0.15, -0.1) is 0 Å². The third-order valence-electron chi connectivity index (χ3n) is 7.67. The molecular formula is C38H36N6O6S2. The number of anilines is 2. The van der Waals surface area contributed by atoms with Crippen LogP contribution in [-0.4, -0.2) is 53.6 Å². The highest BCUT2D eigenvalue weighted by molar-refractivity contribution is 7.92. The van der Waals surface area contributed by atoms with Crippen molar-refractivity contribution in [3.05, 3.63) is 167 Å². The minimum atomic E-state index is -3.52. The van der Waals surface area contributed by atoms with E-state index in [2.05, 4.69) is 21.1 Å². The van der Waals surface area contributed by atoms with Crippen LogP contribution in [0.1, 0.15) is 43.0 Å². The molecule has 52 heavy (non-hydrogen) atoms. The molecule has 0 bridgehead atoms. The van der Waals surface area contributed by atoms with E-state index in [0.717, 1.165) is 12.5 Å². The van der Waals surface area contributed by atoms with E-state index in [9.17, 15) is 26.4 Å². The summed E-state index contributed by atoms with van der Waals surface area (Å²) in [5, 5.41) is 8.05. The molecule has 2 N–H and O–H groups in total. The predicted molar refractivity (Wildman–Crippen MR) is 204 cm³/mol. The zero-order valence-electron chi connectivity index (χ0n) is 28.3. The Kier molecular flexibility index (Phi) is 11.9. The number of para-hydroxylation sites is 2. The van der Waals surface area contributed by atoms with Crippen molar-refractivity contribution < 1.29 is 26.4 Å². The average molecular weight is 737 g/mol. The van der Waals surface area contributed by atoms with Gasteiger partial charge in [0.05, 0.1) is 49.4 Å². The summed E-state index contributed by atoms with van der Waals surface area (Å²) in [6, 6.07) is 37.9. The van der Waals surface area contributed by atoms with Gasteiger partial charge in [0.25, 0.3) is 11.8 Å². The number of amides is 2. The lowest BCUT2D eigenvalue weighted by Gasteiger charge is -2.22. The van der Waals surface area contributed by atoms with E-state index in [1.807, 2.05) is 12.1 Å². The van der Waals surface area contributed by atoms with E-state index in [1.165, 1.54) is 21.0 Å². The summed E-state index contributed by atoms with van der Waals surface area (Å²) in [6.45, 7) is 0.240. The van der Waals surface area contributed by atoms with Crippen molar-refractivity contribution in [2.45, 2.75) is 13.1 Å². The number of hydrazone groups is 2. The first-order valence-corrected chi connectivity index (χ1v) is 19.6. The van der Waals surface area contributed by atoms with Crippen molar-refractivity contribution in [2.24, 2.45) is 10.2 Å². The lowest BCUT2D eigenvalue weighted by Crippen LogP contribution is -2.29. The second-order valence-corrected chi connectivity index (χ2v) is 15.5. The summed E-state index contributed by atoms with van der Waals surface area (Å²) in [7, 11) is -7.04. The summed E-state index contributed by atoms with van der Waals surface area (Å²) >= 11 is 0. The monoisotopic (exact) mass is 736 g/mol. The van der Waals surface area contributed by atoms with E-state index in [0.29, 0.717) is 44.8 Å². The van der Waals surface area contributed by atoms with E-state index in [-0.39, 0.29) is 13.1 Å². The SMILES string of the molecule is CS(=O)(=O)N(Cc1ccc(C(=O)N/N=C\c2ccc(/C=N\NC(=O)c3ccc(CN(c4ccccc4)S(C)(=O)=O)cc3)cc2)cc1)c1ccccc1. The summed E-state index contributed by atoms with van der Waals surface area (Å²) < 4.78 is 52.1. The molecule has 0 aromatic heterocycles. The van der Waals surface area contributed by atoms with Gasteiger partial charge in [0.15, 0.2) is 0 Å². The van der Waals surface area contributed by atoms with E-state index >= 15 is 0 Å². The minimum absolute atomic E-state index is 0.120. The molecule has 0 saturated heterocycles. The van der Waals surface area contributed by atoms with Crippen molar-refractivity contribution in [1.29, 1.82) is 0 Å². The predicted octanol–water partition coefficient (Wildman–Crippen LogP) is 5.15. The molecule has 12 nitrogen and oxygen atoms in total. The van der Waals surface area contributed by atoms with Crippen molar-refractivity contribution in [2.75, 3.05) is 21.1 Å². The maximum Gasteiger partial charge on any atom is 0.271 e. The molecule has 0 aliphatic rings. The highest BCUT2D eigenvalue weighted by atomic mass is 32.2. The van der Waals surface area contributed by atoms with Crippen molar-refractivity contribution >= 4 is 55.7 Å². The molecule has 266 valence electrons. The Morgan fingerprint density at radius 3 is 1.15 bits per heavy atom. The second kappa shape index (κ2) is 16.7. The number of nitrogens with zero attached hydrogens (tertiary/aromatic N) is 4. The van der Waals surface area contributed by atoms with Crippen molar-refractivity contribution in [1.82, 2.24) is 10.9 Å². The maximum absolute atomic E-state index is 12.6. The van der Waals surface area contributed by atoms with Crippen LogP contribution in [-0.2, 0) is 33.1 Å². The molecule has 14 heteroatoms. The average Bonchev–Trinajstić information content (AvgIpc) is 3.13. The van der Waals surface area contributed by atoms with Crippen LogP contribution in [0.4, 0.5) is 11.4 Å².